The Morgan fingerprint density at radius 2 is 2.05 bits per heavy atom. The summed E-state index contributed by atoms with van der Waals surface area (Å²) >= 11 is 3.36. The van der Waals surface area contributed by atoms with Crippen molar-refractivity contribution >= 4 is 15.9 Å². The zero-order chi connectivity index (χ0) is 14.5. The molecule has 20 heavy (non-hydrogen) atoms. The number of phenolic OH excluding ortho intramolecular Hbond substituents is 1. The first kappa shape index (κ1) is 15.6. The highest BCUT2D eigenvalue weighted by Gasteiger charge is 2.19. The van der Waals surface area contributed by atoms with Crippen LogP contribution in [0.5, 0.6) is 11.5 Å². The fourth-order valence-corrected chi connectivity index (χ4v) is 3.45. The normalized spacial score (nSPS) is 17.9. The average molecular weight is 342 g/mol. The topological polar surface area (TPSA) is 41.5 Å². The van der Waals surface area contributed by atoms with Gasteiger partial charge in [0, 0.05) is 12.6 Å². The summed E-state index contributed by atoms with van der Waals surface area (Å²) in [5, 5.41) is 13.4. The highest BCUT2D eigenvalue weighted by atomic mass is 79.9. The number of ether oxygens (including phenoxy) is 1. The van der Waals surface area contributed by atoms with Gasteiger partial charge in [-0.1, -0.05) is 19.3 Å². The largest absolute Gasteiger partial charge is 0.503 e. The SMILES string of the molecule is COc1cc(CN[C@@H](C)C2CCCCC2)cc(Br)c1O. The highest BCUT2D eigenvalue weighted by molar-refractivity contribution is 9.10. The number of benzene rings is 1. The maximum atomic E-state index is 9.81. The molecule has 0 saturated heterocycles. The molecule has 0 heterocycles. The van der Waals surface area contributed by atoms with Crippen LogP contribution < -0.4 is 10.1 Å². The molecule has 4 heteroatoms. The van der Waals surface area contributed by atoms with Crippen LogP contribution in [0.25, 0.3) is 0 Å². The molecule has 0 unspecified atom stereocenters. The molecule has 112 valence electrons. The van der Waals surface area contributed by atoms with Gasteiger partial charge < -0.3 is 15.2 Å². The molecule has 2 rings (SSSR count). The number of rotatable bonds is 5. The van der Waals surface area contributed by atoms with Crippen molar-refractivity contribution in [2.75, 3.05) is 7.11 Å². The lowest BCUT2D eigenvalue weighted by atomic mass is 9.84. The van der Waals surface area contributed by atoms with Crippen LogP contribution in [-0.4, -0.2) is 18.3 Å². The van der Waals surface area contributed by atoms with E-state index in [1.807, 2.05) is 12.1 Å². The van der Waals surface area contributed by atoms with E-state index < -0.39 is 0 Å². The van der Waals surface area contributed by atoms with Crippen LogP contribution in [0.2, 0.25) is 0 Å². The van der Waals surface area contributed by atoms with Gasteiger partial charge in [0.2, 0.25) is 0 Å². The van der Waals surface area contributed by atoms with Crippen molar-refractivity contribution in [2.45, 2.75) is 51.6 Å². The monoisotopic (exact) mass is 341 g/mol. The summed E-state index contributed by atoms with van der Waals surface area (Å²) in [6, 6.07) is 4.37. The third-order valence-corrected chi connectivity index (χ3v) is 4.90. The number of hydrogen-bond acceptors (Lipinski definition) is 3. The maximum Gasteiger partial charge on any atom is 0.172 e. The van der Waals surface area contributed by atoms with E-state index in [0.717, 1.165) is 18.0 Å². The van der Waals surface area contributed by atoms with E-state index >= 15 is 0 Å². The van der Waals surface area contributed by atoms with Crippen LogP contribution in [0.15, 0.2) is 16.6 Å². The standard InChI is InChI=1S/C16H24BrNO2/c1-11(13-6-4-3-5-7-13)18-10-12-8-14(17)16(19)15(9-12)20-2/h8-9,11,13,18-19H,3-7,10H2,1-2H3/t11-/m0/s1. The van der Waals surface area contributed by atoms with E-state index in [0.29, 0.717) is 16.3 Å². The molecule has 1 aliphatic rings. The van der Waals surface area contributed by atoms with E-state index in [9.17, 15) is 5.11 Å². The Bertz CT molecular complexity index is 444. The lowest BCUT2D eigenvalue weighted by molar-refractivity contribution is 0.280. The molecule has 0 bridgehead atoms. The van der Waals surface area contributed by atoms with Crippen molar-refractivity contribution < 1.29 is 9.84 Å². The summed E-state index contributed by atoms with van der Waals surface area (Å²) in [5.74, 6) is 1.48. The molecule has 1 atom stereocenters. The minimum atomic E-state index is 0.163. The summed E-state index contributed by atoms with van der Waals surface area (Å²) in [4.78, 5) is 0. The quantitative estimate of drug-likeness (QED) is 0.842. The second-order valence-electron chi connectivity index (χ2n) is 5.70. The van der Waals surface area contributed by atoms with Crippen molar-refractivity contribution in [2.24, 2.45) is 5.92 Å². The Morgan fingerprint density at radius 3 is 2.70 bits per heavy atom. The van der Waals surface area contributed by atoms with E-state index in [-0.39, 0.29) is 5.75 Å². The van der Waals surface area contributed by atoms with Crippen LogP contribution in [0.1, 0.15) is 44.6 Å². The predicted molar refractivity (Wildman–Crippen MR) is 85.2 cm³/mol. The van der Waals surface area contributed by atoms with Gasteiger partial charge in [-0.3, -0.25) is 0 Å². The van der Waals surface area contributed by atoms with Crippen LogP contribution in [0.3, 0.4) is 0 Å². The highest BCUT2D eigenvalue weighted by Crippen LogP contribution is 2.35. The van der Waals surface area contributed by atoms with E-state index in [2.05, 4.69) is 28.2 Å². The molecule has 0 spiro atoms. The Morgan fingerprint density at radius 1 is 1.35 bits per heavy atom. The molecule has 1 aromatic rings. The molecule has 1 fully saturated rings. The average Bonchev–Trinajstić information content (AvgIpc) is 2.48. The van der Waals surface area contributed by atoms with Crippen LogP contribution in [-0.2, 0) is 6.54 Å². The van der Waals surface area contributed by atoms with Gasteiger partial charge in [-0.2, -0.15) is 0 Å². The number of halogens is 1. The second kappa shape index (κ2) is 7.32. The minimum Gasteiger partial charge on any atom is -0.503 e. The molecule has 0 amide bonds. The molecule has 0 radical (unpaired) electrons. The van der Waals surface area contributed by atoms with Crippen LogP contribution in [0, 0.1) is 5.92 Å². The van der Waals surface area contributed by atoms with Gasteiger partial charge in [-0.05, 0) is 59.3 Å². The fraction of sp³-hybridized carbons (Fsp3) is 0.625. The third kappa shape index (κ3) is 3.89. The van der Waals surface area contributed by atoms with Crippen molar-refractivity contribution in [3.63, 3.8) is 0 Å². The van der Waals surface area contributed by atoms with Gasteiger partial charge in [0.1, 0.15) is 0 Å². The Hall–Kier alpha value is -0.740. The molecular weight excluding hydrogens is 318 g/mol. The lowest BCUT2D eigenvalue weighted by Crippen LogP contribution is -2.34. The molecule has 1 aliphatic carbocycles. The number of methoxy groups -OCH3 is 1. The van der Waals surface area contributed by atoms with Crippen LogP contribution >= 0.6 is 15.9 Å². The van der Waals surface area contributed by atoms with Crippen molar-refractivity contribution in [3.8, 4) is 11.5 Å². The van der Waals surface area contributed by atoms with Crippen molar-refractivity contribution in [1.29, 1.82) is 0 Å². The van der Waals surface area contributed by atoms with E-state index in [1.165, 1.54) is 32.1 Å². The van der Waals surface area contributed by atoms with Gasteiger partial charge >= 0.3 is 0 Å². The van der Waals surface area contributed by atoms with Gasteiger partial charge in [-0.25, -0.2) is 0 Å². The first-order chi connectivity index (χ1) is 9.61. The summed E-state index contributed by atoms with van der Waals surface area (Å²) < 4.78 is 5.86. The first-order valence-corrected chi connectivity index (χ1v) is 8.20. The molecule has 1 saturated carbocycles. The summed E-state index contributed by atoms with van der Waals surface area (Å²) in [5.41, 5.74) is 1.12. The Balaban J connectivity index is 1.94. The smallest absolute Gasteiger partial charge is 0.172 e. The zero-order valence-corrected chi connectivity index (χ0v) is 13.9. The molecule has 1 aromatic carbocycles. The number of hydrogen-bond donors (Lipinski definition) is 2. The van der Waals surface area contributed by atoms with E-state index in [1.54, 1.807) is 7.11 Å². The number of aromatic hydroxyl groups is 1. The summed E-state index contributed by atoms with van der Waals surface area (Å²) in [7, 11) is 1.57. The van der Waals surface area contributed by atoms with Crippen molar-refractivity contribution in [1.82, 2.24) is 5.32 Å². The zero-order valence-electron chi connectivity index (χ0n) is 12.3. The Labute approximate surface area is 129 Å². The van der Waals surface area contributed by atoms with Gasteiger partial charge in [0.05, 0.1) is 11.6 Å². The first-order valence-electron chi connectivity index (χ1n) is 7.40. The van der Waals surface area contributed by atoms with Gasteiger partial charge in [0.25, 0.3) is 0 Å². The molecule has 0 aromatic heterocycles. The molecular formula is C16H24BrNO2. The second-order valence-corrected chi connectivity index (χ2v) is 6.55. The molecule has 3 nitrogen and oxygen atoms in total. The predicted octanol–water partition coefficient (Wildman–Crippen LogP) is 4.22. The lowest BCUT2D eigenvalue weighted by Gasteiger charge is -2.28. The van der Waals surface area contributed by atoms with Gasteiger partial charge in [0.15, 0.2) is 11.5 Å². The number of phenols is 1. The molecule has 0 aliphatic heterocycles. The fourth-order valence-electron chi connectivity index (χ4n) is 2.96. The van der Waals surface area contributed by atoms with Crippen LogP contribution in [0.4, 0.5) is 0 Å². The summed E-state index contributed by atoms with van der Waals surface area (Å²) in [6.07, 6.45) is 6.82. The van der Waals surface area contributed by atoms with Gasteiger partial charge in [-0.15, -0.1) is 0 Å². The third-order valence-electron chi connectivity index (χ3n) is 4.29. The summed E-state index contributed by atoms with van der Waals surface area (Å²) in [6.45, 7) is 3.08. The Kier molecular flexibility index (Phi) is 5.73. The number of nitrogens with one attached hydrogen (secondary N) is 1. The minimum absolute atomic E-state index is 0.163. The van der Waals surface area contributed by atoms with Crippen molar-refractivity contribution in [3.05, 3.63) is 22.2 Å². The molecule has 2 N–H and O–H groups in total. The maximum absolute atomic E-state index is 9.81. The van der Waals surface area contributed by atoms with E-state index in [4.69, 9.17) is 4.74 Å².